The van der Waals surface area contributed by atoms with Crippen molar-refractivity contribution in [2.24, 2.45) is 5.92 Å². The molecule has 3 nitrogen and oxygen atoms in total. The quantitative estimate of drug-likeness (QED) is 0.749. The lowest BCUT2D eigenvalue weighted by molar-refractivity contribution is 0.531. The number of pyridine rings is 1. The summed E-state index contributed by atoms with van der Waals surface area (Å²) >= 11 is 0. The Morgan fingerprint density at radius 3 is 2.45 bits per heavy atom. The minimum Gasteiger partial charge on any atom is -0.354 e. The van der Waals surface area contributed by atoms with Crippen molar-refractivity contribution in [1.82, 2.24) is 10.3 Å². The maximum absolute atomic E-state index is 14.5. The van der Waals surface area contributed by atoms with Gasteiger partial charge in [0.15, 0.2) is 11.6 Å². The first kappa shape index (κ1) is 16.9. The Balaban J connectivity index is 2.81. The average Bonchev–Trinajstić information content (AvgIpc) is 2.40. The molecular weight excluding hydrogens is 253 g/mol. The Morgan fingerprint density at radius 1 is 1.25 bits per heavy atom. The van der Waals surface area contributed by atoms with Gasteiger partial charge in [-0.1, -0.05) is 27.7 Å². The van der Waals surface area contributed by atoms with Crippen LogP contribution >= 0.6 is 0 Å². The van der Waals surface area contributed by atoms with Crippen LogP contribution in [-0.4, -0.2) is 24.6 Å². The van der Waals surface area contributed by atoms with E-state index in [1.807, 2.05) is 4.90 Å². The van der Waals surface area contributed by atoms with Crippen molar-refractivity contribution in [3.63, 3.8) is 0 Å². The first-order chi connectivity index (χ1) is 9.60. The van der Waals surface area contributed by atoms with E-state index in [9.17, 15) is 4.39 Å². The van der Waals surface area contributed by atoms with Gasteiger partial charge in [0.25, 0.3) is 0 Å². The van der Waals surface area contributed by atoms with Crippen LogP contribution in [0.25, 0.3) is 0 Å². The Kier molecular flexibility index (Phi) is 7.52. The predicted molar refractivity (Wildman–Crippen MR) is 83.5 cm³/mol. The third kappa shape index (κ3) is 5.08. The van der Waals surface area contributed by atoms with Gasteiger partial charge >= 0.3 is 0 Å². The molecule has 0 radical (unpaired) electrons. The van der Waals surface area contributed by atoms with Crippen molar-refractivity contribution >= 4 is 5.82 Å². The number of anilines is 1. The summed E-state index contributed by atoms with van der Waals surface area (Å²) in [5.41, 5.74) is 0.702. The SMILES string of the molecule is CCCN(CCC)c1nccc(CNCC(C)C)c1F. The van der Waals surface area contributed by atoms with E-state index < -0.39 is 0 Å². The van der Waals surface area contributed by atoms with Gasteiger partial charge in [-0.15, -0.1) is 0 Å². The fourth-order valence-electron chi connectivity index (χ4n) is 2.19. The summed E-state index contributed by atoms with van der Waals surface area (Å²) in [6.07, 6.45) is 3.71. The molecule has 1 aromatic rings. The number of hydrogen-bond donors (Lipinski definition) is 1. The van der Waals surface area contributed by atoms with Gasteiger partial charge in [-0.3, -0.25) is 0 Å². The average molecular weight is 281 g/mol. The molecule has 20 heavy (non-hydrogen) atoms. The lowest BCUT2D eigenvalue weighted by Crippen LogP contribution is -2.28. The van der Waals surface area contributed by atoms with Gasteiger partial charge in [-0.2, -0.15) is 0 Å². The molecule has 0 atom stereocenters. The summed E-state index contributed by atoms with van der Waals surface area (Å²) in [5, 5.41) is 3.29. The zero-order chi connectivity index (χ0) is 15.0. The third-order valence-electron chi connectivity index (χ3n) is 3.11. The van der Waals surface area contributed by atoms with Crippen LogP contribution in [0.1, 0.15) is 46.1 Å². The van der Waals surface area contributed by atoms with Gasteiger partial charge in [-0.05, 0) is 31.4 Å². The van der Waals surface area contributed by atoms with Crippen LogP contribution in [0.3, 0.4) is 0 Å². The number of halogens is 1. The molecule has 114 valence electrons. The van der Waals surface area contributed by atoms with Crippen LogP contribution < -0.4 is 10.2 Å². The molecule has 1 rings (SSSR count). The summed E-state index contributed by atoms with van der Waals surface area (Å²) in [6, 6.07) is 1.77. The van der Waals surface area contributed by atoms with Crippen molar-refractivity contribution in [1.29, 1.82) is 0 Å². The number of rotatable bonds is 9. The topological polar surface area (TPSA) is 28.2 Å². The molecule has 0 aromatic carbocycles. The van der Waals surface area contributed by atoms with E-state index in [4.69, 9.17) is 0 Å². The highest BCUT2D eigenvalue weighted by atomic mass is 19.1. The van der Waals surface area contributed by atoms with Gasteiger partial charge < -0.3 is 10.2 Å². The highest BCUT2D eigenvalue weighted by molar-refractivity contribution is 5.43. The summed E-state index contributed by atoms with van der Waals surface area (Å²) in [6.45, 7) is 11.7. The Morgan fingerprint density at radius 2 is 1.90 bits per heavy atom. The largest absolute Gasteiger partial charge is 0.354 e. The van der Waals surface area contributed by atoms with Crippen LogP contribution in [-0.2, 0) is 6.54 Å². The molecule has 1 aromatic heterocycles. The van der Waals surface area contributed by atoms with Crippen LogP contribution in [0.2, 0.25) is 0 Å². The van der Waals surface area contributed by atoms with Gasteiger partial charge in [0.05, 0.1) is 0 Å². The molecule has 0 bridgehead atoms. The number of hydrogen-bond acceptors (Lipinski definition) is 3. The Labute approximate surface area is 122 Å². The van der Waals surface area contributed by atoms with Gasteiger partial charge in [-0.25, -0.2) is 9.37 Å². The number of aromatic nitrogens is 1. The minimum atomic E-state index is -0.175. The molecule has 0 saturated heterocycles. The van der Waals surface area contributed by atoms with E-state index in [1.165, 1.54) is 0 Å². The predicted octanol–water partition coefficient (Wildman–Crippen LogP) is 3.59. The molecule has 0 aliphatic heterocycles. The molecule has 0 unspecified atom stereocenters. The molecular formula is C16H28FN3. The first-order valence-electron chi connectivity index (χ1n) is 7.69. The molecule has 0 amide bonds. The van der Waals surface area contributed by atoms with Crippen LogP contribution in [0.5, 0.6) is 0 Å². The molecule has 1 N–H and O–H groups in total. The monoisotopic (exact) mass is 281 g/mol. The maximum Gasteiger partial charge on any atom is 0.170 e. The van der Waals surface area contributed by atoms with E-state index in [-0.39, 0.29) is 5.82 Å². The smallest absolute Gasteiger partial charge is 0.170 e. The van der Waals surface area contributed by atoms with Crippen molar-refractivity contribution in [3.05, 3.63) is 23.6 Å². The molecule has 0 spiro atoms. The fourth-order valence-corrected chi connectivity index (χ4v) is 2.19. The van der Waals surface area contributed by atoms with E-state index in [0.29, 0.717) is 23.8 Å². The highest BCUT2D eigenvalue weighted by Crippen LogP contribution is 2.20. The second-order valence-corrected chi connectivity index (χ2v) is 5.62. The third-order valence-corrected chi connectivity index (χ3v) is 3.11. The van der Waals surface area contributed by atoms with E-state index >= 15 is 0 Å². The summed E-state index contributed by atoms with van der Waals surface area (Å²) in [4.78, 5) is 6.29. The molecule has 0 aliphatic rings. The second kappa shape index (κ2) is 8.90. The first-order valence-corrected chi connectivity index (χ1v) is 7.69. The normalized spacial score (nSPS) is 11.1. The van der Waals surface area contributed by atoms with Crippen molar-refractivity contribution in [3.8, 4) is 0 Å². The minimum absolute atomic E-state index is 0.175. The van der Waals surface area contributed by atoms with Gasteiger partial charge in [0, 0.05) is 31.4 Å². The standard InChI is InChI=1S/C16H28FN3/c1-5-9-20(10-6-2)16-15(17)14(7-8-19-16)12-18-11-13(3)4/h7-8,13,18H,5-6,9-12H2,1-4H3. The Bertz CT molecular complexity index is 387. The molecule has 4 heteroatoms. The maximum atomic E-state index is 14.5. The molecule has 1 heterocycles. The summed E-state index contributed by atoms with van der Waals surface area (Å²) in [7, 11) is 0. The van der Waals surface area contributed by atoms with Crippen molar-refractivity contribution in [2.75, 3.05) is 24.5 Å². The molecule has 0 fully saturated rings. The highest BCUT2D eigenvalue weighted by Gasteiger charge is 2.15. The van der Waals surface area contributed by atoms with E-state index in [0.717, 1.165) is 32.5 Å². The fraction of sp³-hybridized carbons (Fsp3) is 0.688. The second-order valence-electron chi connectivity index (χ2n) is 5.62. The summed E-state index contributed by atoms with van der Waals surface area (Å²) < 4.78 is 14.5. The lowest BCUT2D eigenvalue weighted by atomic mass is 10.2. The number of nitrogens with zero attached hydrogens (tertiary/aromatic N) is 2. The van der Waals surface area contributed by atoms with E-state index in [1.54, 1.807) is 12.3 Å². The molecule has 0 aliphatic carbocycles. The van der Waals surface area contributed by atoms with Crippen LogP contribution in [0.4, 0.5) is 10.2 Å². The van der Waals surface area contributed by atoms with E-state index in [2.05, 4.69) is 38.0 Å². The van der Waals surface area contributed by atoms with Crippen molar-refractivity contribution in [2.45, 2.75) is 47.1 Å². The lowest BCUT2D eigenvalue weighted by Gasteiger charge is -2.23. The molecule has 0 saturated carbocycles. The van der Waals surface area contributed by atoms with Crippen LogP contribution in [0.15, 0.2) is 12.3 Å². The van der Waals surface area contributed by atoms with Crippen LogP contribution in [0, 0.1) is 11.7 Å². The summed E-state index contributed by atoms with van der Waals surface area (Å²) in [5.74, 6) is 0.888. The number of nitrogens with one attached hydrogen (secondary N) is 1. The van der Waals surface area contributed by atoms with Gasteiger partial charge in [0.1, 0.15) is 0 Å². The zero-order valence-electron chi connectivity index (χ0n) is 13.2. The Hall–Kier alpha value is -1.16. The van der Waals surface area contributed by atoms with Gasteiger partial charge in [0.2, 0.25) is 0 Å². The zero-order valence-corrected chi connectivity index (χ0v) is 13.2. The van der Waals surface area contributed by atoms with Crippen molar-refractivity contribution < 1.29 is 4.39 Å².